The number of fused-ring (bicyclic) bond motifs is 3. The Morgan fingerprint density at radius 3 is 2.72 bits per heavy atom. The maximum absolute atomic E-state index is 13.5. The number of halogens is 1. The molecule has 4 nitrogen and oxygen atoms in total. The van der Waals surface area contributed by atoms with Gasteiger partial charge in [0, 0.05) is 24.2 Å². The molecule has 1 aliphatic rings. The van der Waals surface area contributed by atoms with Crippen LogP contribution in [0.15, 0.2) is 60.8 Å². The fraction of sp³-hybridized carbons (Fsp3) is 0.150. The third kappa shape index (κ3) is 2.31. The summed E-state index contributed by atoms with van der Waals surface area (Å²) >= 11 is 0. The minimum Gasteiger partial charge on any atom is -0.305 e. The normalized spacial score (nSPS) is 16.3. The number of imidazole rings is 1. The number of hydrogen-bond donors (Lipinski definition) is 0. The van der Waals surface area contributed by atoms with Gasteiger partial charge in [-0.25, -0.2) is 15.0 Å². The first-order chi connectivity index (χ1) is 12.3. The molecule has 4 heterocycles. The van der Waals surface area contributed by atoms with Gasteiger partial charge in [-0.15, -0.1) is 0 Å². The molecule has 3 aromatic heterocycles. The van der Waals surface area contributed by atoms with Crippen molar-refractivity contribution in [2.75, 3.05) is 0 Å². The summed E-state index contributed by atoms with van der Waals surface area (Å²) in [4.78, 5) is 13.2. The second-order valence-corrected chi connectivity index (χ2v) is 6.27. The first kappa shape index (κ1) is 14.3. The molecule has 1 aromatic carbocycles. The van der Waals surface area contributed by atoms with Crippen LogP contribution < -0.4 is 0 Å². The van der Waals surface area contributed by atoms with Crippen LogP contribution in [0.5, 0.6) is 0 Å². The van der Waals surface area contributed by atoms with Crippen molar-refractivity contribution in [3.8, 4) is 11.3 Å². The molecule has 122 valence electrons. The number of aryl methyl sites for hydroxylation is 1. The Bertz CT molecular complexity index is 1070. The molecule has 1 atom stereocenters. The Hall–Kier alpha value is -3.08. The lowest BCUT2D eigenvalue weighted by Crippen LogP contribution is -2.06. The van der Waals surface area contributed by atoms with Gasteiger partial charge < -0.3 is 4.57 Å². The largest absolute Gasteiger partial charge is 0.305 e. The summed E-state index contributed by atoms with van der Waals surface area (Å²) in [7, 11) is 0. The average molecular weight is 330 g/mol. The number of pyridine rings is 2. The van der Waals surface area contributed by atoms with Crippen LogP contribution in [0.4, 0.5) is 4.39 Å². The van der Waals surface area contributed by atoms with Crippen molar-refractivity contribution in [2.45, 2.75) is 18.9 Å². The predicted molar refractivity (Wildman–Crippen MR) is 93.6 cm³/mol. The maximum Gasteiger partial charge on any atom is 0.213 e. The minimum absolute atomic E-state index is 0.248. The number of benzene rings is 1. The Morgan fingerprint density at radius 2 is 1.88 bits per heavy atom. The standard InChI is InChI=1S/C20H15FN4/c21-18-12-14(10-11-22-18)15-6-7-16-20(24-15)25-17(8-9-19(25)23-16)13-4-2-1-3-5-13/h1-7,10-12,17H,8-9H2/t17-/m1/s1. The van der Waals surface area contributed by atoms with Crippen molar-refractivity contribution in [1.82, 2.24) is 19.5 Å². The van der Waals surface area contributed by atoms with Crippen LogP contribution in [-0.2, 0) is 6.42 Å². The van der Waals surface area contributed by atoms with E-state index in [4.69, 9.17) is 9.97 Å². The summed E-state index contributed by atoms with van der Waals surface area (Å²) < 4.78 is 15.7. The van der Waals surface area contributed by atoms with Gasteiger partial charge in [0.05, 0.1) is 11.7 Å². The minimum atomic E-state index is -0.500. The van der Waals surface area contributed by atoms with E-state index in [1.54, 1.807) is 6.07 Å². The van der Waals surface area contributed by atoms with Gasteiger partial charge in [-0.05, 0) is 30.2 Å². The van der Waals surface area contributed by atoms with Gasteiger partial charge in [0.25, 0.3) is 0 Å². The van der Waals surface area contributed by atoms with E-state index in [0.717, 1.165) is 41.1 Å². The lowest BCUT2D eigenvalue weighted by atomic mass is 10.0. The monoisotopic (exact) mass is 330 g/mol. The zero-order chi connectivity index (χ0) is 16.8. The number of hydrogen-bond acceptors (Lipinski definition) is 3. The second-order valence-electron chi connectivity index (χ2n) is 6.27. The zero-order valence-electron chi connectivity index (χ0n) is 13.4. The fourth-order valence-electron chi connectivity index (χ4n) is 3.63. The molecule has 0 amide bonds. The van der Waals surface area contributed by atoms with Crippen molar-refractivity contribution in [3.05, 3.63) is 78.1 Å². The molecule has 0 saturated carbocycles. The van der Waals surface area contributed by atoms with Crippen LogP contribution in [0.3, 0.4) is 0 Å². The molecular weight excluding hydrogens is 315 g/mol. The Kier molecular flexibility index (Phi) is 3.13. The van der Waals surface area contributed by atoms with Gasteiger partial charge in [0.1, 0.15) is 11.3 Å². The molecule has 0 spiro atoms. The van der Waals surface area contributed by atoms with Crippen LogP contribution in [0.25, 0.3) is 22.4 Å². The van der Waals surface area contributed by atoms with Crippen molar-refractivity contribution in [1.29, 1.82) is 0 Å². The van der Waals surface area contributed by atoms with Crippen molar-refractivity contribution in [2.24, 2.45) is 0 Å². The molecule has 0 aliphatic carbocycles. The summed E-state index contributed by atoms with van der Waals surface area (Å²) in [5, 5.41) is 0. The first-order valence-electron chi connectivity index (χ1n) is 8.34. The first-order valence-corrected chi connectivity index (χ1v) is 8.34. The summed E-state index contributed by atoms with van der Waals surface area (Å²) in [6, 6.07) is 17.7. The van der Waals surface area contributed by atoms with Crippen molar-refractivity contribution >= 4 is 11.2 Å². The van der Waals surface area contributed by atoms with E-state index < -0.39 is 5.95 Å². The predicted octanol–water partition coefficient (Wildman–Crippen LogP) is 4.17. The molecular formula is C20H15FN4. The van der Waals surface area contributed by atoms with Gasteiger partial charge in [-0.2, -0.15) is 4.39 Å². The second kappa shape index (κ2) is 5.48. The highest BCUT2D eigenvalue weighted by Crippen LogP contribution is 2.35. The number of rotatable bonds is 2. The van der Waals surface area contributed by atoms with E-state index in [-0.39, 0.29) is 6.04 Å². The van der Waals surface area contributed by atoms with Gasteiger partial charge in [0.2, 0.25) is 5.95 Å². The van der Waals surface area contributed by atoms with Gasteiger partial charge in [-0.1, -0.05) is 30.3 Å². The van der Waals surface area contributed by atoms with Crippen LogP contribution in [0, 0.1) is 5.95 Å². The maximum atomic E-state index is 13.5. The topological polar surface area (TPSA) is 43.6 Å². The van der Waals surface area contributed by atoms with E-state index in [9.17, 15) is 4.39 Å². The molecule has 0 fully saturated rings. The van der Waals surface area contributed by atoms with E-state index in [0.29, 0.717) is 0 Å². The van der Waals surface area contributed by atoms with Gasteiger partial charge in [-0.3, -0.25) is 0 Å². The highest BCUT2D eigenvalue weighted by Gasteiger charge is 2.27. The molecule has 0 bridgehead atoms. The van der Waals surface area contributed by atoms with Gasteiger partial charge in [0.15, 0.2) is 5.65 Å². The van der Waals surface area contributed by atoms with Crippen LogP contribution in [0.2, 0.25) is 0 Å². The lowest BCUT2D eigenvalue weighted by molar-refractivity contribution is 0.584. The molecule has 4 aromatic rings. The molecule has 25 heavy (non-hydrogen) atoms. The smallest absolute Gasteiger partial charge is 0.213 e. The summed E-state index contributed by atoms with van der Waals surface area (Å²) in [6.07, 6.45) is 3.43. The van der Waals surface area contributed by atoms with E-state index >= 15 is 0 Å². The molecule has 0 saturated heterocycles. The average Bonchev–Trinajstić information content (AvgIpc) is 3.21. The molecule has 0 N–H and O–H groups in total. The van der Waals surface area contributed by atoms with E-state index in [1.807, 2.05) is 18.2 Å². The Morgan fingerprint density at radius 1 is 1.00 bits per heavy atom. The number of aromatic nitrogens is 4. The number of nitrogens with zero attached hydrogens (tertiary/aromatic N) is 4. The molecule has 5 heteroatoms. The van der Waals surface area contributed by atoms with Crippen LogP contribution >= 0.6 is 0 Å². The summed E-state index contributed by atoms with van der Waals surface area (Å²) in [5.41, 5.74) is 4.46. The highest BCUT2D eigenvalue weighted by molar-refractivity contribution is 5.76. The van der Waals surface area contributed by atoms with E-state index in [1.165, 1.54) is 17.8 Å². The molecule has 5 rings (SSSR count). The quantitative estimate of drug-likeness (QED) is 0.518. The molecule has 1 aliphatic heterocycles. The third-order valence-corrected chi connectivity index (χ3v) is 4.77. The summed E-state index contributed by atoms with van der Waals surface area (Å²) in [6.45, 7) is 0. The highest BCUT2D eigenvalue weighted by atomic mass is 19.1. The van der Waals surface area contributed by atoms with Crippen LogP contribution in [0.1, 0.15) is 23.9 Å². The van der Waals surface area contributed by atoms with E-state index in [2.05, 4.69) is 33.8 Å². The lowest BCUT2D eigenvalue weighted by Gasteiger charge is -2.14. The fourth-order valence-corrected chi connectivity index (χ4v) is 3.63. The summed E-state index contributed by atoms with van der Waals surface area (Å²) in [5.74, 6) is 0.564. The van der Waals surface area contributed by atoms with Crippen molar-refractivity contribution < 1.29 is 4.39 Å². The Labute approximate surface area is 144 Å². The molecule has 0 radical (unpaired) electrons. The zero-order valence-corrected chi connectivity index (χ0v) is 13.4. The van der Waals surface area contributed by atoms with Crippen molar-refractivity contribution in [3.63, 3.8) is 0 Å². The van der Waals surface area contributed by atoms with Gasteiger partial charge >= 0.3 is 0 Å². The molecule has 0 unspecified atom stereocenters. The Balaban J connectivity index is 1.68. The van der Waals surface area contributed by atoms with Crippen LogP contribution in [-0.4, -0.2) is 19.5 Å². The third-order valence-electron chi connectivity index (χ3n) is 4.77. The SMILES string of the molecule is Fc1cc(-c2ccc3nc4n(c3n2)[C@@H](c2ccccc2)CC4)ccn1.